The van der Waals surface area contributed by atoms with Crippen LogP contribution in [0.5, 0.6) is 0 Å². The maximum atomic E-state index is 5.86. The average Bonchev–Trinajstić information content (AvgIpc) is 3.23. The molecule has 5 rings (SSSR count). The number of fused-ring (bicyclic) bond motifs is 1. The third-order valence-electron chi connectivity index (χ3n) is 6.32. The van der Waals surface area contributed by atoms with Crippen molar-refractivity contribution in [1.82, 2.24) is 19.8 Å². The zero-order valence-electron chi connectivity index (χ0n) is 14.3. The van der Waals surface area contributed by atoms with Gasteiger partial charge in [0.1, 0.15) is 6.33 Å². The van der Waals surface area contributed by atoms with E-state index in [0.29, 0.717) is 17.4 Å². The fourth-order valence-electron chi connectivity index (χ4n) is 4.95. The topological polar surface area (TPSA) is 55.5 Å². The molecule has 2 aromatic heterocycles. The molecule has 6 heteroatoms. The second-order valence-electron chi connectivity index (χ2n) is 7.83. The second kappa shape index (κ2) is 5.41. The highest BCUT2D eigenvalue weighted by Crippen LogP contribution is 2.48. The molecule has 6 nitrogen and oxygen atoms in total. The lowest BCUT2D eigenvalue weighted by Crippen LogP contribution is -2.48. The zero-order chi connectivity index (χ0) is 16.1. The molecule has 2 aromatic rings. The molecule has 0 bridgehead atoms. The van der Waals surface area contributed by atoms with E-state index in [1.165, 1.54) is 56.3 Å². The molecule has 0 amide bonds. The summed E-state index contributed by atoms with van der Waals surface area (Å²) < 4.78 is 7.73. The lowest BCUT2D eigenvalue weighted by molar-refractivity contribution is 0.00229. The molecular weight excluding hydrogens is 302 g/mol. The van der Waals surface area contributed by atoms with Crippen molar-refractivity contribution < 1.29 is 4.74 Å². The standard InChI is InChI=1S/C18H25N5O/c1-24-16-4-2-7-18(16)8-3-9-22(11-18)15-10-14(13-5-6-13)21-23-12-19-20-17(15)23/h10,12-13,16H,2-9,11H2,1H3/t16-,18+/m1/s1. The maximum Gasteiger partial charge on any atom is 0.200 e. The van der Waals surface area contributed by atoms with Crippen LogP contribution in [0.2, 0.25) is 0 Å². The first-order valence-electron chi connectivity index (χ1n) is 9.28. The van der Waals surface area contributed by atoms with Crippen molar-refractivity contribution in [3.8, 4) is 0 Å². The minimum absolute atomic E-state index is 0.313. The van der Waals surface area contributed by atoms with Crippen LogP contribution in [0.3, 0.4) is 0 Å². The summed E-state index contributed by atoms with van der Waals surface area (Å²) in [5.41, 5.74) is 3.62. The third-order valence-corrected chi connectivity index (χ3v) is 6.32. The Kier molecular flexibility index (Phi) is 3.30. The van der Waals surface area contributed by atoms with E-state index in [2.05, 4.69) is 21.2 Å². The number of hydrogen-bond acceptors (Lipinski definition) is 5. The van der Waals surface area contributed by atoms with E-state index in [1.54, 1.807) is 6.33 Å². The van der Waals surface area contributed by atoms with Crippen LogP contribution in [-0.4, -0.2) is 46.1 Å². The number of methoxy groups -OCH3 is 1. The van der Waals surface area contributed by atoms with Gasteiger partial charge >= 0.3 is 0 Å². The van der Waals surface area contributed by atoms with Crippen LogP contribution in [0, 0.1) is 5.41 Å². The molecule has 2 atom stereocenters. The van der Waals surface area contributed by atoms with Crippen LogP contribution in [0.1, 0.15) is 56.6 Å². The summed E-state index contributed by atoms with van der Waals surface area (Å²) in [6, 6.07) is 2.28. The van der Waals surface area contributed by atoms with Crippen molar-refractivity contribution in [1.29, 1.82) is 0 Å². The fourth-order valence-corrected chi connectivity index (χ4v) is 4.95. The second-order valence-corrected chi connectivity index (χ2v) is 7.83. The van der Waals surface area contributed by atoms with Gasteiger partial charge in [-0.05, 0) is 44.6 Å². The molecule has 0 unspecified atom stereocenters. The third kappa shape index (κ3) is 2.23. The highest BCUT2D eigenvalue weighted by molar-refractivity contribution is 5.69. The normalized spacial score (nSPS) is 30.5. The highest BCUT2D eigenvalue weighted by atomic mass is 16.5. The van der Waals surface area contributed by atoms with E-state index in [9.17, 15) is 0 Å². The van der Waals surface area contributed by atoms with Crippen molar-refractivity contribution >= 4 is 11.3 Å². The van der Waals surface area contributed by atoms with Crippen LogP contribution in [0.15, 0.2) is 12.4 Å². The lowest BCUT2D eigenvalue weighted by Gasteiger charge is -2.44. The van der Waals surface area contributed by atoms with Crippen LogP contribution < -0.4 is 4.90 Å². The highest BCUT2D eigenvalue weighted by Gasteiger charge is 2.46. The monoisotopic (exact) mass is 327 g/mol. The summed E-state index contributed by atoms with van der Waals surface area (Å²) in [5.74, 6) is 0.632. The van der Waals surface area contributed by atoms with Crippen molar-refractivity contribution in [3.63, 3.8) is 0 Å². The minimum Gasteiger partial charge on any atom is -0.381 e. The van der Waals surface area contributed by atoms with E-state index in [4.69, 9.17) is 9.84 Å². The van der Waals surface area contributed by atoms with Gasteiger partial charge in [-0.15, -0.1) is 10.2 Å². The molecule has 0 radical (unpaired) electrons. The van der Waals surface area contributed by atoms with E-state index in [0.717, 1.165) is 18.7 Å². The summed E-state index contributed by atoms with van der Waals surface area (Å²) in [6.07, 6.45) is 10.9. The molecule has 3 fully saturated rings. The van der Waals surface area contributed by atoms with Gasteiger partial charge in [0.05, 0.1) is 17.5 Å². The van der Waals surface area contributed by atoms with E-state index >= 15 is 0 Å². The largest absolute Gasteiger partial charge is 0.381 e. The SMILES string of the molecule is CO[C@@H]1CCC[C@@]12CCCN(c1cc(C3CC3)nn3cnnc13)C2. The molecule has 0 aromatic carbocycles. The van der Waals surface area contributed by atoms with Crippen LogP contribution in [0.4, 0.5) is 5.69 Å². The number of aromatic nitrogens is 4. The van der Waals surface area contributed by atoms with Crippen LogP contribution in [0.25, 0.3) is 5.65 Å². The van der Waals surface area contributed by atoms with E-state index in [1.807, 2.05) is 11.6 Å². The number of rotatable bonds is 3. The number of piperidine rings is 1. The number of nitrogens with zero attached hydrogens (tertiary/aromatic N) is 5. The first kappa shape index (κ1) is 14.6. The molecular formula is C18H25N5O. The Balaban J connectivity index is 1.53. The van der Waals surface area contributed by atoms with Gasteiger partial charge in [-0.3, -0.25) is 0 Å². The van der Waals surface area contributed by atoms with E-state index < -0.39 is 0 Å². The zero-order valence-corrected chi connectivity index (χ0v) is 14.3. The molecule has 2 saturated carbocycles. The van der Waals surface area contributed by atoms with Gasteiger partial charge in [-0.25, -0.2) is 0 Å². The molecule has 128 valence electrons. The average molecular weight is 327 g/mol. The predicted molar refractivity (Wildman–Crippen MR) is 91.3 cm³/mol. The predicted octanol–water partition coefficient (Wildman–Crippen LogP) is 2.79. The van der Waals surface area contributed by atoms with Gasteiger partial charge in [-0.2, -0.15) is 9.61 Å². The van der Waals surface area contributed by atoms with Crippen molar-refractivity contribution in [2.45, 2.75) is 57.0 Å². The molecule has 3 aliphatic rings. The molecule has 1 spiro atoms. The summed E-state index contributed by atoms with van der Waals surface area (Å²) in [5, 5.41) is 13.2. The van der Waals surface area contributed by atoms with Crippen molar-refractivity contribution in [3.05, 3.63) is 18.1 Å². The summed E-state index contributed by atoms with van der Waals surface area (Å²) in [7, 11) is 1.88. The number of hydrogen-bond donors (Lipinski definition) is 0. The first-order valence-corrected chi connectivity index (χ1v) is 9.28. The van der Waals surface area contributed by atoms with E-state index in [-0.39, 0.29) is 0 Å². The van der Waals surface area contributed by atoms with Crippen LogP contribution in [-0.2, 0) is 4.74 Å². The molecule has 2 aliphatic carbocycles. The van der Waals surface area contributed by atoms with Gasteiger partial charge in [-0.1, -0.05) is 6.42 Å². The Morgan fingerprint density at radius 2 is 2.08 bits per heavy atom. The fraction of sp³-hybridized carbons (Fsp3) is 0.722. The van der Waals surface area contributed by atoms with Gasteiger partial charge in [0.25, 0.3) is 0 Å². The molecule has 0 N–H and O–H groups in total. The molecule has 3 heterocycles. The quantitative estimate of drug-likeness (QED) is 0.867. The Bertz CT molecular complexity index is 755. The van der Waals surface area contributed by atoms with Crippen molar-refractivity contribution in [2.75, 3.05) is 25.1 Å². The smallest absolute Gasteiger partial charge is 0.200 e. The van der Waals surface area contributed by atoms with Crippen LogP contribution >= 0.6 is 0 Å². The summed E-state index contributed by atoms with van der Waals surface area (Å²) in [6.45, 7) is 2.16. The molecule has 1 aliphatic heterocycles. The molecule has 1 saturated heterocycles. The minimum atomic E-state index is 0.313. The summed E-state index contributed by atoms with van der Waals surface area (Å²) in [4.78, 5) is 2.53. The van der Waals surface area contributed by atoms with Gasteiger partial charge in [0, 0.05) is 31.5 Å². The Labute approximate surface area is 142 Å². The Morgan fingerprint density at radius 3 is 2.92 bits per heavy atom. The number of anilines is 1. The molecule has 24 heavy (non-hydrogen) atoms. The van der Waals surface area contributed by atoms with Gasteiger partial charge in [0.2, 0.25) is 5.65 Å². The maximum absolute atomic E-state index is 5.86. The lowest BCUT2D eigenvalue weighted by atomic mass is 9.76. The Morgan fingerprint density at radius 1 is 1.21 bits per heavy atom. The summed E-state index contributed by atoms with van der Waals surface area (Å²) >= 11 is 0. The van der Waals surface area contributed by atoms with Gasteiger partial charge < -0.3 is 9.64 Å². The van der Waals surface area contributed by atoms with Gasteiger partial charge in [0.15, 0.2) is 0 Å². The van der Waals surface area contributed by atoms with Crippen molar-refractivity contribution in [2.24, 2.45) is 5.41 Å². The Hall–Kier alpha value is -1.69. The number of ether oxygens (including phenoxy) is 1. The first-order chi connectivity index (χ1) is 11.8.